The number of hydrogen-bond acceptors (Lipinski definition) is 4. The Morgan fingerprint density at radius 1 is 1.58 bits per heavy atom. The zero-order chi connectivity index (χ0) is 13.7. The predicted octanol–water partition coefficient (Wildman–Crippen LogP) is 2.93. The summed E-state index contributed by atoms with van der Waals surface area (Å²) in [7, 11) is 0. The molecular formula is C13H10ClFN2O2. The van der Waals surface area contributed by atoms with E-state index in [0.717, 1.165) is 11.1 Å². The van der Waals surface area contributed by atoms with Gasteiger partial charge in [-0.3, -0.25) is 4.79 Å². The number of carbonyl (C=O) groups is 1. The van der Waals surface area contributed by atoms with E-state index in [9.17, 15) is 9.18 Å². The van der Waals surface area contributed by atoms with Gasteiger partial charge in [0.15, 0.2) is 0 Å². The molecule has 1 aliphatic heterocycles. The molecule has 0 radical (unpaired) electrons. The van der Waals surface area contributed by atoms with Crippen LogP contribution in [0.15, 0.2) is 12.1 Å². The third-order valence-corrected chi connectivity index (χ3v) is 3.55. The zero-order valence-electron chi connectivity index (χ0n) is 10.0. The minimum absolute atomic E-state index is 0.160. The molecule has 3 rings (SSSR count). The summed E-state index contributed by atoms with van der Waals surface area (Å²) < 4.78 is 19.2. The number of pyridine rings is 1. The number of benzene rings is 1. The monoisotopic (exact) mass is 280 g/mol. The van der Waals surface area contributed by atoms with E-state index in [2.05, 4.69) is 4.98 Å². The largest absolute Gasteiger partial charge is 0.383 e. The molecule has 1 aliphatic rings. The van der Waals surface area contributed by atoms with E-state index in [1.165, 1.54) is 12.1 Å². The second-order valence-electron chi connectivity index (χ2n) is 4.47. The Hall–Kier alpha value is -1.72. The fourth-order valence-electron chi connectivity index (χ4n) is 2.44. The normalized spacial score (nSPS) is 17.7. The highest BCUT2D eigenvalue weighted by Gasteiger charge is 2.26. The Balaban J connectivity index is 2.39. The first-order valence-corrected chi connectivity index (χ1v) is 6.09. The van der Waals surface area contributed by atoms with Gasteiger partial charge in [-0.1, -0.05) is 0 Å². The van der Waals surface area contributed by atoms with Gasteiger partial charge < -0.3 is 10.5 Å². The van der Waals surface area contributed by atoms with Gasteiger partial charge in [-0.2, -0.15) is 0 Å². The molecule has 0 amide bonds. The molecule has 1 atom stereocenters. The van der Waals surface area contributed by atoms with Crippen molar-refractivity contribution in [2.45, 2.75) is 19.6 Å². The first kappa shape index (κ1) is 12.3. The Labute approximate surface area is 113 Å². The maximum absolute atomic E-state index is 13.7. The number of halogens is 2. The van der Waals surface area contributed by atoms with Crippen molar-refractivity contribution in [2.75, 3.05) is 5.73 Å². The summed E-state index contributed by atoms with van der Waals surface area (Å²) in [6.07, 6.45) is -0.160. The van der Waals surface area contributed by atoms with Crippen LogP contribution in [0.25, 0.3) is 10.9 Å². The van der Waals surface area contributed by atoms with Crippen LogP contribution in [0.3, 0.4) is 0 Å². The Morgan fingerprint density at radius 2 is 2.32 bits per heavy atom. The van der Waals surface area contributed by atoms with Gasteiger partial charge in [0, 0.05) is 17.0 Å². The van der Waals surface area contributed by atoms with Crippen molar-refractivity contribution in [3.63, 3.8) is 0 Å². The molecule has 0 aliphatic carbocycles. The molecule has 4 nitrogen and oxygen atoms in total. The number of carbonyl (C=O) groups excluding carboxylic acids is 1. The summed E-state index contributed by atoms with van der Waals surface area (Å²) in [6, 6.07) is 2.58. The fourth-order valence-corrected chi connectivity index (χ4v) is 2.58. The molecular weight excluding hydrogens is 271 g/mol. The second kappa shape index (κ2) is 4.15. The van der Waals surface area contributed by atoms with Crippen molar-refractivity contribution in [3.05, 3.63) is 34.6 Å². The van der Waals surface area contributed by atoms with Crippen LogP contribution in [-0.2, 0) is 11.3 Å². The van der Waals surface area contributed by atoms with E-state index in [1.807, 2.05) is 6.92 Å². The van der Waals surface area contributed by atoms with E-state index in [-0.39, 0.29) is 11.7 Å². The summed E-state index contributed by atoms with van der Waals surface area (Å²) in [5.41, 5.74) is 7.74. The van der Waals surface area contributed by atoms with Crippen molar-refractivity contribution in [3.8, 4) is 0 Å². The number of ether oxygens (including phenoxy) is 1. The fraction of sp³-hybridized carbons (Fsp3) is 0.231. The molecule has 0 unspecified atom stereocenters. The Bertz CT molecular complexity index is 718. The van der Waals surface area contributed by atoms with Crippen LogP contribution in [0.4, 0.5) is 10.2 Å². The molecule has 0 saturated carbocycles. The summed E-state index contributed by atoms with van der Waals surface area (Å²) in [4.78, 5) is 15.4. The maximum atomic E-state index is 13.7. The lowest BCUT2D eigenvalue weighted by atomic mass is 10.0. The third kappa shape index (κ3) is 1.77. The molecule has 2 heterocycles. The highest BCUT2D eigenvalue weighted by atomic mass is 35.5. The number of anilines is 1. The topological polar surface area (TPSA) is 65.2 Å². The number of nitrogens with two attached hydrogens (primary N) is 1. The van der Waals surface area contributed by atoms with E-state index in [1.54, 1.807) is 0 Å². The van der Waals surface area contributed by atoms with Crippen LogP contribution in [0.2, 0.25) is 0 Å². The van der Waals surface area contributed by atoms with E-state index in [0.29, 0.717) is 23.3 Å². The van der Waals surface area contributed by atoms with Gasteiger partial charge in [0.2, 0.25) is 0 Å². The first-order chi connectivity index (χ1) is 8.99. The number of nitrogens with zero attached hydrogens (tertiary/aromatic N) is 1. The first-order valence-electron chi connectivity index (χ1n) is 5.72. The minimum Gasteiger partial charge on any atom is -0.383 e. The van der Waals surface area contributed by atoms with Gasteiger partial charge in [0.1, 0.15) is 11.6 Å². The lowest BCUT2D eigenvalue weighted by Gasteiger charge is -2.10. The minimum atomic E-state index is -0.836. The van der Waals surface area contributed by atoms with Gasteiger partial charge in [-0.05, 0) is 30.2 Å². The smallest absolute Gasteiger partial charge is 0.255 e. The van der Waals surface area contributed by atoms with Crippen molar-refractivity contribution < 1.29 is 13.9 Å². The van der Waals surface area contributed by atoms with Crippen molar-refractivity contribution in [2.24, 2.45) is 0 Å². The Kier molecular flexibility index (Phi) is 2.69. The lowest BCUT2D eigenvalue weighted by Crippen LogP contribution is -2.03. The van der Waals surface area contributed by atoms with E-state index in [4.69, 9.17) is 22.1 Å². The summed E-state index contributed by atoms with van der Waals surface area (Å²) in [5, 5.41) is -0.184. The standard InChI is InChI=1S/C13H10ClFN2O2/c1-5-11-8(4-19-5)6-2-7(12(14)18)9(15)3-10(6)17-13(11)16/h2-3,5H,4H2,1H3,(H2,16,17)/t5-/m1/s1. The van der Waals surface area contributed by atoms with Crippen LogP contribution < -0.4 is 5.73 Å². The van der Waals surface area contributed by atoms with Crippen LogP contribution in [-0.4, -0.2) is 10.2 Å². The van der Waals surface area contributed by atoms with Gasteiger partial charge in [-0.15, -0.1) is 0 Å². The number of nitrogen functional groups attached to an aromatic ring is 1. The van der Waals surface area contributed by atoms with E-state index < -0.39 is 11.1 Å². The highest BCUT2D eigenvalue weighted by Crippen LogP contribution is 2.38. The number of fused-ring (bicyclic) bond motifs is 3. The SMILES string of the molecule is C[C@H]1OCc2c1c(N)nc1cc(F)c(C(=O)Cl)cc21. The highest BCUT2D eigenvalue weighted by molar-refractivity contribution is 6.67. The number of rotatable bonds is 1. The van der Waals surface area contributed by atoms with Crippen molar-refractivity contribution in [1.29, 1.82) is 0 Å². The molecule has 1 aromatic heterocycles. The van der Waals surface area contributed by atoms with Gasteiger partial charge in [0.05, 0.1) is 23.8 Å². The predicted molar refractivity (Wildman–Crippen MR) is 69.5 cm³/mol. The molecule has 19 heavy (non-hydrogen) atoms. The molecule has 6 heteroatoms. The number of hydrogen-bond donors (Lipinski definition) is 1. The van der Waals surface area contributed by atoms with Crippen LogP contribution >= 0.6 is 11.6 Å². The quantitative estimate of drug-likeness (QED) is 0.816. The summed E-state index contributed by atoms with van der Waals surface area (Å²) in [5.74, 6) is -0.372. The zero-order valence-corrected chi connectivity index (χ0v) is 10.8. The second-order valence-corrected chi connectivity index (χ2v) is 4.81. The summed E-state index contributed by atoms with van der Waals surface area (Å²) in [6.45, 7) is 2.23. The maximum Gasteiger partial charge on any atom is 0.255 e. The molecule has 2 N–H and O–H groups in total. The number of aromatic nitrogens is 1. The molecule has 0 fully saturated rings. The third-order valence-electron chi connectivity index (χ3n) is 3.35. The lowest BCUT2D eigenvalue weighted by molar-refractivity contribution is 0.0801. The van der Waals surface area contributed by atoms with Crippen molar-refractivity contribution in [1.82, 2.24) is 4.98 Å². The van der Waals surface area contributed by atoms with Crippen molar-refractivity contribution >= 4 is 33.6 Å². The van der Waals surface area contributed by atoms with Crippen LogP contribution in [0, 0.1) is 5.82 Å². The average Bonchev–Trinajstić information content (AvgIpc) is 2.71. The molecule has 1 aromatic carbocycles. The Morgan fingerprint density at radius 3 is 3.00 bits per heavy atom. The van der Waals surface area contributed by atoms with Crippen LogP contribution in [0.1, 0.15) is 34.5 Å². The molecule has 0 bridgehead atoms. The van der Waals surface area contributed by atoms with Gasteiger partial charge in [0.25, 0.3) is 5.24 Å². The summed E-state index contributed by atoms with van der Waals surface area (Å²) >= 11 is 5.36. The van der Waals surface area contributed by atoms with Gasteiger partial charge >= 0.3 is 0 Å². The van der Waals surface area contributed by atoms with Gasteiger partial charge in [-0.25, -0.2) is 9.37 Å². The van der Waals surface area contributed by atoms with E-state index >= 15 is 0 Å². The molecule has 2 aromatic rings. The van der Waals surface area contributed by atoms with Crippen LogP contribution in [0.5, 0.6) is 0 Å². The molecule has 98 valence electrons. The molecule has 0 saturated heterocycles. The molecule has 0 spiro atoms. The average molecular weight is 281 g/mol.